The van der Waals surface area contributed by atoms with Crippen molar-refractivity contribution in [3.63, 3.8) is 0 Å². The molecule has 21 heavy (non-hydrogen) atoms. The van der Waals surface area contributed by atoms with Crippen LogP contribution in [0, 0.1) is 0 Å². The summed E-state index contributed by atoms with van der Waals surface area (Å²) >= 11 is 1.30. The van der Waals surface area contributed by atoms with Gasteiger partial charge in [-0.15, -0.1) is 11.8 Å². The van der Waals surface area contributed by atoms with Crippen LogP contribution in [-0.2, 0) is 19.0 Å². The Morgan fingerprint density at radius 3 is 2.48 bits per heavy atom. The van der Waals surface area contributed by atoms with Gasteiger partial charge in [0.15, 0.2) is 11.6 Å². The summed E-state index contributed by atoms with van der Waals surface area (Å²) in [5, 5.41) is -0.127. The highest BCUT2D eigenvalue weighted by Crippen LogP contribution is 2.39. The molecule has 4 atom stereocenters. The quantitative estimate of drug-likeness (QED) is 0.456. The van der Waals surface area contributed by atoms with Crippen molar-refractivity contribution < 1.29 is 23.4 Å². The Balaban J connectivity index is 2.51. The zero-order chi connectivity index (χ0) is 15.7. The van der Waals surface area contributed by atoms with Gasteiger partial charge in [-0.05, 0) is 12.8 Å². The number of alkyl halides is 1. The topological polar surface area (TPSA) is 44.8 Å². The maximum Gasteiger partial charge on any atom is 0.303 e. The zero-order valence-electron chi connectivity index (χ0n) is 13.2. The van der Waals surface area contributed by atoms with Crippen LogP contribution in [0.5, 0.6) is 0 Å². The fraction of sp³-hybridized carbons (Fsp3) is 0.933. The van der Waals surface area contributed by atoms with Crippen molar-refractivity contribution in [2.45, 2.75) is 69.4 Å². The lowest BCUT2D eigenvalue weighted by Crippen LogP contribution is -2.35. The molecule has 0 radical (unpaired) electrons. The molecule has 124 valence electrons. The van der Waals surface area contributed by atoms with E-state index in [1.807, 2.05) is 0 Å². The number of carbonyl (C=O) groups excluding carboxylic acids is 1. The molecule has 1 heterocycles. The molecule has 0 bridgehead atoms. The van der Waals surface area contributed by atoms with Gasteiger partial charge in [0.1, 0.15) is 6.10 Å². The SMILES string of the molecule is CCCCOC[C@H]1SC(OC(C)=O)[C@@H](F)[C@@H]1OCCCC. The van der Waals surface area contributed by atoms with Gasteiger partial charge in [-0.3, -0.25) is 4.79 Å². The molecule has 0 aliphatic carbocycles. The maximum absolute atomic E-state index is 14.4. The van der Waals surface area contributed by atoms with Crippen molar-refractivity contribution in [1.29, 1.82) is 0 Å². The Bertz CT molecular complexity index is 303. The van der Waals surface area contributed by atoms with Gasteiger partial charge in [-0.1, -0.05) is 26.7 Å². The predicted molar refractivity (Wildman–Crippen MR) is 82.2 cm³/mol. The lowest BCUT2D eigenvalue weighted by Gasteiger charge is -2.20. The number of unbranched alkanes of at least 4 members (excludes halogenated alkanes) is 2. The van der Waals surface area contributed by atoms with Gasteiger partial charge in [0, 0.05) is 20.1 Å². The lowest BCUT2D eigenvalue weighted by atomic mass is 10.1. The molecule has 0 aromatic rings. The van der Waals surface area contributed by atoms with Crippen LogP contribution in [0.2, 0.25) is 0 Å². The van der Waals surface area contributed by atoms with Gasteiger partial charge in [0.25, 0.3) is 0 Å². The van der Waals surface area contributed by atoms with Crippen LogP contribution in [0.4, 0.5) is 4.39 Å². The first-order chi connectivity index (χ1) is 10.1. The van der Waals surface area contributed by atoms with Crippen LogP contribution < -0.4 is 0 Å². The minimum absolute atomic E-state index is 0.127. The highest BCUT2D eigenvalue weighted by atomic mass is 32.2. The van der Waals surface area contributed by atoms with E-state index in [0.717, 1.165) is 25.7 Å². The first-order valence-electron chi connectivity index (χ1n) is 7.76. The molecule has 0 spiro atoms. The minimum Gasteiger partial charge on any atom is -0.448 e. The van der Waals surface area contributed by atoms with Crippen molar-refractivity contribution in [1.82, 2.24) is 0 Å². The first-order valence-corrected chi connectivity index (χ1v) is 8.70. The number of rotatable bonds is 10. The lowest BCUT2D eigenvalue weighted by molar-refractivity contribution is -0.146. The molecule has 0 aromatic heterocycles. The second-order valence-corrected chi connectivity index (χ2v) is 6.56. The third-order valence-corrected chi connectivity index (χ3v) is 4.64. The second-order valence-electron chi connectivity index (χ2n) is 5.21. The Morgan fingerprint density at radius 2 is 1.86 bits per heavy atom. The molecule has 1 fully saturated rings. The highest BCUT2D eigenvalue weighted by Gasteiger charge is 2.47. The maximum atomic E-state index is 14.4. The van der Waals surface area contributed by atoms with Gasteiger partial charge >= 0.3 is 5.97 Å². The van der Waals surface area contributed by atoms with Crippen molar-refractivity contribution in [2.75, 3.05) is 19.8 Å². The number of thioether (sulfide) groups is 1. The van der Waals surface area contributed by atoms with E-state index in [-0.39, 0.29) is 5.25 Å². The van der Waals surface area contributed by atoms with Crippen molar-refractivity contribution in [3.8, 4) is 0 Å². The van der Waals surface area contributed by atoms with Gasteiger partial charge in [-0.25, -0.2) is 4.39 Å². The Labute approximate surface area is 131 Å². The van der Waals surface area contributed by atoms with Crippen LogP contribution in [0.25, 0.3) is 0 Å². The fourth-order valence-electron chi connectivity index (χ4n) is 2.08. The van der Waals surface area contributed by atoms with Crippen LogP contribution >= 0.6 is 11.8 Å². The molecule has 0 amide bonds. The van der Waals surface area contributed by atoms with E-state index in [9.17, 15) is 9.18 Å². The molecule has 6 heteroatoms. The molecule has 0 aromatic carbocycles. The highest BCUT2D eigenvalue weighted by molar-refractivity contribution is 8.00. The second kappa shape index (κ2) is 10.4. The van der Waals surface area contributed by atoms with Crippen LogP contribution in [0.15, 0.2) is 0 Å². The molecule has 1 saturated heterocycles. The van der Waals surface area contributed by atoms with Gasteiger partial charge in [0.2, 0.25) is 0 Å². The van der Waals surface area contributed by atoms with E-state index >= 15 is 0 Å². The van der Waals surface area contributed by atoms with E-state index in [0.29, 0.717) is 19.8 Å². The van der Waals surface area contributed by atoms with Gasteiger partial charge in [0.05, 0.1) is 11.9 Å². The van der Waals surface area contributed by atoms with Gasteiger partial charge < -0.3 is 14.2 Å². The summed E-state index contributed by atoms with van der Waals surface area (Å²) in [6, 6.07) is 0. The number of hydrogen-bond donors (Lipinski definition) is 0. The van der Waals surface area contributed by atoms with Gasteiger partial charge in [-0.2, -0.15) is 0 Å². The first kappa shape index (κ1) is 18.7. The molecule has 0 N–H and O–H groups in total. The number of esters is 1. The van der Waals surface area contributed by atoms with Crippen molar-refractivity contribution >= 4 is 17.7 Å². The molecule has 1 aliphatic rings. The standard InChI is InChI=1S/C15H27FO4S/c1-4-6-8-18-10-12-14(19-9-7-5-2)13(16)15(21-12)20-11(3)17/h12-15H,4-10H2,1-3H3/t12-,13+,14-,15?/m1/s1. The summed E-state index contributed by atoms with van der Waals surface area (Å²) in [7, 11) is 0. The summed E-state index contributed by atoms with van der Waals surface area (Å²) in [4.78, 5) is 11.0. The Morgan fingerprint density at radius 1 is 1.19 bits per heavy atom. The zero-order valence-corrected chi connectivity index (χ0v) is 14.0. The summed E-state index contributed by atoms with van der Waals surface area (Å²) in [5.74, 6) is -0.463. The average Bonchev–Trinajstić information content (AvgIpc) is 2.72. The number of ether oxygens (including phenoxy) is 3. The van der Waals surface area contributed by atoms with E-state index < -0.39 is 23.7 Å². The van der Waals surface area contributed by atoms with Crippen molar-refractivity contribution in [2.24, 2.45) is 0 Å². The normalized spacial score (nSPS) is 28.8. The fourth-order valence-corrected chi connectivity index (χ4v) is 3.48. The van der Waals surface area contributed by atoms with Crippen molar-refractivity contribution in [3.05, 3.63) is 0 Å². The van der Waals surface area contributed by atoms with E-state index in [1.165, 1.54) is 18.7 Å². The molecule has 0 saturated carbocycles. The summed E-state index contributed by atoms with van der Waals surface area (Å²) in [6.07, 6.45) is 2.10. The minimum atomic E-state index is -1.30. The monoisotopic (exact) mass is 322 g/mol. The number of hydrogen-bond acceptors (Lipinski definition) is 5. The summed E-state index contributed by atoms with van der Waals surface area (Å²) < 4.78 is 30.7. The van der Waals surface area contributed by atoms with E-state index in [1.54, 1.807) is 0 Å². The predicted octanol–water partition coefficient (Wildman–Crippen LogP) is 3.33. The largest absolute Gasteiger partial charge is 0.448 e. The molecule has 1 unspecified atom stereocenters. The molecule has 4 nitrogen and oxygen atoms in total. The third kappa shape index (κ3) is 6.53. The molecular formula is C15H27FO4S. The van der Waals surface area contributed by atoms with E-state index in [2.05, 4.69) is 13.8 Å². The smallest absolute Gasteiger partial charge is 0.303 e. The van der Waals surface area contributed by atoms with Crippen LogP contribution in [0.1, 0.15) is 46.5 Å². The number of carbonyl (C=O) groups is 1. The average molecular weight is 322 g/mol. The molecule has 1 aliphatic heterocycles. The Hall–Kier alpha value is -0.330. The summed E-state index contributed by atoms with van der Waals surface area (Å²) in [5.41, 5.74) is -0.783. The molecular weight excluding hydrogens is 295 g/mol. The summed E-state index contributed by atoms with van der Waals surface area (Å²) in [6.45, 7) is 7.08. The number of halogens is 1. The van der Waals surface area contributed by atoms with Crippen LogP contribution in [-0.4, -0.2) is 48.8 Å². The third-order valence-electron chi connectivity index (χ3n) is 3.26. The Kier molecular flexibility index (Phi) is 9.27. The van der Waals surface area contributed by atoms with Crippen LogP contribution in [0.3, 0.4) is 0 Å². The van der Waals surface area contributed by atoms with E-state index in [4.69, 9.17) is 14.2 Å². The molecule has 1 rings (SSSR count).